The molecule has 7 heteroatoms. The number of anilines is 1. The lowest BCUT2D eigenvalue weighted by molar-refractivity contribution is -0.116. The first-order valence-electron chi connectivity index (χ1n) is 6.64. The van der Waals surface area contributed by atoms with Gasteiger partial charge in [-0.3, -0.25) is 4.79 Å². The number of ether oxygens (including phenoxy) is 1. The van der Waals surface area contributed by atoms with Crippen LogP contribution in [0.25, 0.3) is 0 Å². The van der Waals surface area contributed by atoms with Crippen LogP contribution >= 0.6 is 12.4 Å². The van der Waals surface area contributed by atoms with E-state index >= 15 is 0 Å². The number of alkyl halides is 2. The minimum Gasteiger partial charge on any atom is -0.433 e. The van der Waals surface area contributed by atoms with Crippen molar-refractivity contribution >= 4 is 24.0 Å². The Hall–Kier alpha value is -1.40. The molecule has 2 rings (SSSR count). The van der Waals surface area contributed by atoms with Crippen LogP contribution in [0.15, 0.2) is 18.2 Å². The third-order valence-electron chi connectivity index (χ3n) is 3.31. The zero-order chi connectivity index (χ0) is 14.5. The molecular weight excluding hydrogens is 302 g/mol. The lowest BCUT2D eigenvalue weighted by atomic mass is 10.1. The summed E-state index contributed by atoms with van der Waals surface area (Å²) in [6, 6.07) is 4.93. The van der Waals surface area contributed by atoms with E-state index in [2.05, 4.69) is 15.4 Å². The van der Waals surface area contributed by atoms with Gasteiger partial charge in [0.25, 0.3) is 0 Å². The number of para-hydroxylation sites is 1. The third-order valence-corrected chi connectivity index (χ3v) is 3.31. The van der Waals surface area contributed by atoms with Crippen LogP contribution in [0.3, 0.4) is 0 Å². The predicted octanol–water partition coefficient (Wildman–Crippen LogP) is 3.10. The molecule has 0 spiro atoms. The summed E-state index contributed by atoms with van der Waals surface area (Å²) in [7, 11) is 0. The Kier molecular flexibility index (Phi) is 6.84. The van der Waals surface area contributed by atoms with E-state index in [0.717, 1.165) is 19.4 Å². The van der Waals surface area contributed by atoms with Gasteiger partial charge in [0.15, 0.2) is 0 Å². The molecule has 1 saturated heterocycles. The second-order valence-electron chi connectivity index (χ2n) is 4.87. The molecule has 1 aromatic rings. The third kappa shape index (κ3) is 5.13. The molecule has 1 fully saturated rings. The zero-order valence-corrected chi connectivity index (χ0v) is 12.5. The Balaban J connectivity index is 0.00000220. The highest BCUT2D eigenvalue weighted by atomic mass is 35.5. The van der Waals surface area contributed by atoms with Crippen molar-refractivity contribution in [1.29, 1.82) is 0 Å². The van der Waals surface area contributed by atoms with Crippen molar-refractivity contribution < 1.29 is 18.3 Å². The van der Waals surface area contributed by atoms with E-state index in [-0.39, 0.29) is 30.1 Å². The smallest absolute Gasteiger partial charge is 0.387 e. The number of hydrogen-bond acceptors (Lipinski definition) is 3. The summed E-state index contributed by atoms with van der Waals surface area (Å²) in [5, 5.41) is 5.90. The zero-order valence-electron chi connectivity index (χ0n) is 11.7. The monoisotopic (exact) mass is 320 g/mol. The molecule has 0 radical (unpaired) electrons. The van der Waals surface area contributed by atoms with Crippen molar-refractivity contribution in [2.45, 2.75) is 38.8 Å². The fourth-order valence-electron chi connectivity index (χ4n) is 2.34. The van der Waals surface area contributed by atoms with Crippen LogP contribution in [0.5, 0.6) is 5.75 Å². The SMILES string of the molecule is Cc1cccc(OC(F)F)c1NC(=O)CC1CCCN1.Cl. The number of benzene rings is 1. The second kappa shape index (κ2) is 8.14. The molecule has 0 bridgehead atoms. The first kappa shape index (κ1) is 17.7. The van der Waals surface area contributed by atoms with Crippen LogP contribution in [0.4, 0.5) is 14.5 Å². The summed E-state index contributed by atoms with van der Waals surface area (Å²) >= 11 is 0. The van der Waals surface area contributed by atoms with Crippen molar-refractivity contribution in [3.05, 3.63) is 23.8 Å². The number of aryl methyl sites for hydroxylation is 1. The van der Waals surface area contributed by atoms with Gasteiger partial charge >= 0.3 is 6.61 Å². The molecule has 4 nitrogen and oxygen atoms in total. The number of rotatable bonds is 5. The van der Waals surface area contributed by atoms with Gasteiger partial charge in [-0.15, -0.1) is 12.4 Å². The van der Waals surface area contributed by atoms with Gasteiger partial charge in [-0.05, 0) is 37.9 Å². The fraction of sp³-hybridized carbons (Fsp3) is 0.500. The average Bonchev–Trinajstić information content (AvgIpc) is 2.85. The molecule has 1 unspecified atom stereocenters. The molecule has 0 aromatic heterocycles. The van der Waals surface area contributed by atoms with E-state index in [1.54, 1.807) is 19.1 Å². The van der Waals surface area contributed by atoms with Gasteiger partial charge in [0.2, 0.25) is 5.91 Å². The van der Waals surface area contributed by atoms with Gasteiger partial charge in [0.05, 0.1) is 5.69 Å². The van der Waals surface area contributed by atoms with Crippen molar-refractivity contribution in [1.82, 2.24) is 5.32 Å². The van der Waals surface area contributed by atoms with E-state index in [0.29, 0.717) is 17.7 Å². The summed E-state index contributed by atoms with van der Waals surface area (Å²) in [6.07, 6.45) is 2.35. The van der Waals surface area contributed by atoms with Crippen LogP contribution in [-0.4, -0.2) is 25.1 Å². The molecular formula is C14H19ClF2N2O2. The van der Waals surface area contributed by atoms with Crippen LogP contribution in [0, 0.1) is 6.92 Å². The maximum atomic E-state index is 12.4. The predicted molar refractivity (Wildman–Crippen MR) is 79.3 cm³/mol. The quantitative estimate of drug-likeness (QED) is 0.876. The number of nitrogens with one attached hydrogen (secondary N) is 2. The van der Waals surface area contributed by atoms with Gasteiger partial charge in [-0.1, -0.05) is 12.1 Å². The normalized spacial score (nSPS) is 17.4. The molecule has 1 amide bonds. The Morgan fingerprint density at radius 3 is 2.90 bits per heavy atom. The number of carbonyl (C=O) groups excluding carboxylic acids is 1. The molecule has 1 aromatic carbocycles. The highest BCUT2D eigenvalue weighted by Gasteiger charge is 2.19. The highest BCUT2D eigenvalue weighted by Crippen LogP contribution is 2.29. The Morgan fingerprint density at radius 2 is 2.29 bits per heavy atom. The second-order valence-corrected chi connectivity index (χ2v) is 4.87. The number of amides is 1. The minimum atomic E-state index is -2.91. The summed E-state index contributed by atoms with van der Waals surface area (Å²) in [5.74, 6) is -0.203. The molecule has 1 aliphatic heterocycles. The lowest BCUT2D eigenvalue weighted by Gasteiger charge is -2.15. The van der Waals surface area contributed by atoms with E-state index in [1.807, 2.05) is 0 Å². The lowest BCUT2D eigenvalue weighted by Crippen LogP contribution is -2.27. The van der Waals surface area contributed by atoms with Gasteiger partial charge in [0.1, 0.15) is 5.75 Å². The maximum Gasteiger partial charge on any atom is 0.387 e. The van der Waals surface area contributed by atoms with E-state index in [1.165, 1.54) is 6.07 Å². The molecule has 1 heterocycles. The molecule has 0 saturated carbocycles. The summed E-state index contributed by atoms with van der Waals surface area (Å²) < 4.78 is 29.1. The number of hydrogen-bond donors (Lipinski definition) is 2. The Morgan fingerprint density at radius 1 is 1.52 bits per heavy atom. The van der Waals surface area contributed by atoms with Gasteiger partial charge in [-0.2, -0.15) is 8.78 Å². The summed E-state index contributed by atoms with van der Waals surface area (Å²) in [4.78, 5) is 12.0. The first-order chi connectivity index (χ1) is 9.56. The maximum absolute atomic E-state index is 12.4. The molecule has 1 aliphatic rings. The molecule has 1 atom stereocenters. The highest BCUT2D eigenvalue weighted by molar-refractivity contribution is 5.93. The summed E-state index contributed by atoms with van der Waals surface area (Å²) in [6.45, 7) is -0.256. The van der Waals surface area contributed by atoms with Gasteiger partial charge < -0.3 is 15.4 Å². The first-order valence-corrected chi connectivity index (χ1v) is 6.64. The van der Waals surface area contributed by atoms with Crippen molar-refractivity contribution in [2.24, 2.45) is 0 Å². The van der Waals surface area contributed by atoms with Crippen LogP contribution < -0.4 is 15.4 Å². The Bertz CT molecular complexity index is 480. The molecule has 0 aliphatic carbocycles. The number of halogens is 3. The largest absolute Gasteiger partial charge is 0.433 e. The van der Waals surface area contributed by atoms with Crippen molar-refractivity contribution in [3.8, 4) is 5.75 Å². The fourth-order valence-corrected chi connectivity index (χ4v) is 2.34. The molecule has 118 valence electrons. The number of carbonyl (C=O) groups is 1. The van der Waals surface area contributed by atoms with Gasteiger partial charge in [-0.25, -0.2) is 0 Å². The van der Waals surface area contributed by atoms with Crippen LogP contribution in [0.1, 0.15) is 24.8 Å². The van der Waals surface area contributed by atoms with E-state index in [9.17, 15) is 13.6 Å². The summed E-state index contributed by atoms with van der Waals surface area (Å²) in [5.41, 5.74) is 1.01. The standard InChI is InChI=1S/C14H18F2N2O2.ClH/c1-9-4-2-6-11(20-14(15)16)13(9)18-12(19)8-10-5-3-7-17-10;/h2,4,6,10,14,17H,3,5,7-8H2,1H3,(H,18,19);1H. The van der Waals surface area contributed by atoms with Crippen molar-refractivity contribution in [3.63, 3.8) is 0 Å². The van der Waals surface area contributed by atoms with Crippen molar-refractivity contribution in [2.75, 3.05) is 11.9 Å². The topological polar surface area (TPSA) is 50.4 Å². The molecule has 2 N–H and O–H groups in total. The van der Waals surface area contributed by atoms with Crippen LogP contribution in [-0.2, 0) is 4.79 Å². The molecule has 21 heavy (non-hydrogen) atoms. The van der Waals surface area contributed by atoms with Gasteiger partial charge in [0, 0.05) is 12.5 Å². The Labute approximate surface area is 128 Å². The minimum absolute atomic E-state index is 0. The van der Waals surface area contributed by atoms with Crippen LogP contribution in [0.2, 0.25) is 0 Å². The average molecular weight is 321 g/mol. The van der Waals surface area contributed by atoms with E-state index in [4.69, 9.17) is 0 Å². The van der Waals surface area contributed by atoms with E-state index < -0.39 is 6.61 Å².